The standard InChI is InChI=1S/C15H16N3O3S/c16-17-15(19)13-7-6-12(9-18(20)21)8-14(13)22-10-11-4-2-1-3-5-11/h1-8,20H,9-10,16H2,(H,17,19)/q-1. The van der Waals surface area contributed by atoms with E-state index < -0.39 is 5.91 Å². The molecule has 0 radical (unpaired) electrons. The van der Waals surface area contributed by atoms with Gasteiger partial charge in [0.25, 0.3) is 5.91 Å². The lowest BCUT2D eigenvalue weighted by atomic mass is 10.1. The molecule has 0 atom stereocenters. The maximum Gasteiger partial charge on any atom is 0.266 e. The summed E-state index contributed by atoms with van der Waals surface area (Å²) in [5, 5.41) is 19.4. The van der Waals surface area contributed by atoms with Crippen LogP contribution in [0.25, 0.3) is 0 Å². The summed E-state index contributed by atoms with van der Waals surface area (Å²) in [6.07, 6.45) is 0. The van der Waals surface area contributed by atoms with Crippen molar-refractivity contribution in [2.24, 2.45) is 5.84 Å². The fourth-order valence-electron chi connectivity index (χ4n) is 1.94. The van der Waals surface area contributed by atoms with Crippen molar-refractivity contribution in [3.05, 3.63) is 70.4 Å². The number of nitrogens with one attached hydrogen (secondary N) is 1. The number of hydrogen-bond donors (Lipinski definition) is 3. The fourth-order valence-corrected chi connectivity index (χ4v) is 3.01. The van der Waals surface area contributed by atoms with E-state index in [-0.39, 0.29) is 11.8 Å². The number of amides is 1. The van der Waals surface area contributed by atoms with E-state index >= 15 is 0 Å². The summed E-state index contributed by atoms with van der Waals surface area (Å²) in [7, 11) is 0. The molecule has 1 amide bonds. The van der Waals surface area contributed by atoms with Crippen LogP contribution in [0.1, 0.15) is 21.5 Å². The molecule has 116 valence electrons. The molecule has 0 heterocycles. The van der Waals surface area contributed by atoms with Gasteiger partial charge in [0.2, 0.25) is 0 Å². The monoisotopic (exact) mass is 318 g/mol. The molecule has 0 aromatic heterocycles. The molecule has 0 saturated carbocycles. The van der Waals surface area contributed by atoms with Crippen LogP contribution in [0.3, 0.4) is 0 Å². The molecule has 0 saturated heterocycles. The van der Waals surface area contributed by atoms with Crippen LogP contribution in [-0.2, 0) is 12.3 Å². The van der Waals surface area contributed by atoms with Gasteiger partial charge in [0.15, 0.2) is 0 Å². The lowest BCUT2D eigenvalue weighted by Gasteiger charge is -2.20. The molecule has 2 aromatic carbocycles. The Kier molecular flexibility index (Phi) is 5.93. The molecular weight excluding hydrogens is 302 g/mol. The first kappa shape index (κ1) is 16.5. The summed E-state index contributed by atoms with van der Waals surface area (Å²) < 4.78 is 0. The molecule has 22 heavy (non-hydrogen) atoms. The predicted molar refractivity (Wildman–Crippen MR) is 84.8 cm³/mol. The number of carbonyl (C=O) groups excluding carboxylic acids is 1. The molecule has 6 nitrogen and oxygen atoms in total. The zero-order valence-corrected chi connectivity index (χ0v) is 12.5. The first-order chi connectivity index (χ1) is 10.6. The van der Waals surface area contributed by atoms with Crippen molar-refractivity contribution < 1.29 is 10.0 Å². The Bertz CT molecular complexity index is 635. The largest absolute Gasteiger partial charge is 0.762 e. The number of nitrogen functional groups attached to an aromatic ring is 1. The number of benzene rings is 2. The minimum atomic E-state index is -0.398. The summed E-state index contributed by atoms with van der Waals surface area (Å²) in [4.78, 5) is 12.5. The number of hydrogen-bond acceptors (Lipinski definition) is 6. The number of rotatable bonds is 6. The Morgan fingerprint density at radius 3 is 2.59 bits per heavy atom. The molecule has 7 heteroatoms. The van der Waals surface area contributed by atoms with E-state index in [4.69, 9.17) is 11.0 Å². The van der Waals surface area contributed by atoms with Crippen LogP contribution in [0.4, 0.5) is 0 Å². The summed E-state index contributed by atoms with van der Waals surface area (Å²) >= 11 is 1.47. The van der Waals surface area contributed by atoms with Crippen molar-refractivity contribution in [3.8, 4) is 0 Å². The third kappa shape index (κ3) is 4.55. The second-order valence-corrected chi connectivity index (χ2v) is 5.61. The van der Waals surface area contributed by atoms with Crippen LogP contribution in [-0.4, -0.2) is 16.3 Å². The van der Waals surface area contributed by atoms with Crippen molar-refractivity contribution in [3.63, 3.8) is 0 Å². The molecule has 0 aliphatic heterocycles. The van der Waals surface area contributed by atoms with Gasteiger partial charge in [0.05, 0.1) is 5.56 Å². The topological polar surface area (TPSA) is 102 Å². The third-order valence-corrected chi connectivity index (χ3v) is 4.10. The summed E-state index contributed by atoms with van der Waals surface area (Å²) in [5.41, 5.74) is 4.27. The van der Waals surface area contributed by atoms with Gasteiger partial charge in [-0.2, -0.15) is 0 Å². The Morgan fingerprint density at radius 2 is 1.95 bits per heavy atom. The number of carbonyl (C=O) groups is 1. The highest BCUT2D eigenvalue weighted by Gasteiger charge is 2.12. The average molecular weight is 318 g/mol. The second-order valence-electron chi connectivity index (χ2n) is 4.59. The van der Waals surface area contributed by atoms with Crippen LogP contribution in [0.15, 0.2) is 53.4 Å². The van der Waals surface area contributed by atoms with Gasteiger partial charge in [0.1, 0.15) is 0 Å². The van der Waals surface area contributed by atoms with E-state index in [1.807, 2.05) is 30.3 Å². The van der Waals surface area contributed by atoms with Crippen LogP contribution in [0, 0.1) is 5.21 Å². The van der Waals surface area contributed by atoms with Gasteiger partial charge in [-0.05, 0) is 23.3 Å². The molecule has 0 aliphatic rings. The van der Waals surface area contributed by atoms with Gasteiger partial charge in [-0.25, -0.2) is 5.84 Å². The first-order valence-corrected chi connectivity index (χ1v) is 7.53. The number of hydroxylamine groups is 2. The molecule has 2 aromatic rings. The number of hydrazine groups is 1. The molecule has 0 unspecified atom stereocenters. The number of nitrogens with zero attached hydrogens (tertiary/aromatic N) is 1. The van der Waals surface area contributed by atoms with E-state index in [0.29, 0.717) is 21.8 Å². The SMILES string of the molecule is NNC(=O)c1ccc(CN([O-])O)cc1SCc1ccccc1. The Balaban J connectivity index is 2.22. The van der Waals surface area contributed by atoms with Crippen molar-refractivity contribution in [1.82, 2.24) is 10.7 Å². The highest BCUT2D eigenvalue weighted by molar-refractivity contribution is 7.98. The highest BCUT2D eigenvalue weighted by atomic mass is 32.2. The van der Waals surface area contributed by atoms with E-state index in [2.05, 4.69) is 5.43 Å². The normalized spacial score (nSPS) is 10.7. The van der Waals surface area contributed by atoms with Crippen molar-refractivity contribution >= 4 is 17.7 Å². The lowest BCUT2D eigenvalue weighted by molar-refractivity contribution is -0.0488. The van der Waals surface area contributed by atoms with Crippen molar-refractivity contribution in [2.45, 2.75) is 17.2 Å². The Hall–Kier alpha value is -1.90. The molecule has 0 bridgehead atoms. The molecule has 0 aliphatic carbocycles. The van der Waals surface area contributed by atoms with Crippen molar-refractivity contribution in [2.75, 3.05) is 0 Å². The Morgan fingerprint density at radius 1 is 1.23 bits per heavy atom. The smallest absolute Gasteiger partial charge is 0.266 e. The van der Waals surface area contributed by atoms with E-state index in [1.165, 1.54) is 11.8 Å². The van der Waals surface area contributed by atoms with Gasteiger partial charge >= 0.3 is 0 Å². The second kappa shape index (κ2) is 7.92. The number of thioether (sulfide) groups is 1. The average Bonchev–Trinajstić information content (AvgIpc) is 2.53. The molecular formula is C15H16N3O3S-. The zero-order valence-electron chi connectivity index (χ0n) is 11.7. The minimum Gasteiger partial charge on any atom is -0.762 e. The fraction of sp³-hybridized carbons (Fsp3) is 0.133. The molecule has 2 rings (SSSR count). The van der Waals surface area contributed by atoms with Crippen LogP contribution in [0.5, 0.6) is 0 Å². The first-order valence-electron chi connectivity index (χ1n) is 6.54. The van der Waals surface area contributed by atoms with Gasteiger partial charge in [-0.15, -0.1) is 11.8 Å². The van der Waals surface area contributed by atoms with Crippen molar-refractivity contribution in [1.29, 1.82) is 0 Å². The molecule has 0 spiro atoms. The Labute approximate surface area is 132 Å². The highest BCUT2D eigenvalue weighted by Crippen LogP contribution is 2.28. The zero-order chi connectivity index (χ0) is 15.9. The lowest BCUT2D eigenvalue weighted by Crippen LogP contribution is -2.30. The summed E-state index contributed by atoms with van der Waals surface area (Å²) in [6, 6.07) is 14.7. The minimum absolute atomic E-state index is 0.149. The van der Waals surface area contributed by atoms with E-state index in [0.717, 1.165) is 5.56 Å². The van der Waals surface area contributed by atoms with Crippen LogP contribution < -0.4 is 11.3 Å². The summed E-state index contributed by atoms with van der Waals surface area (Å²) in [5.74, 6) is 5.47. The maximum absolute atomic E-state index is 11.8. The van der Waals surface area contributed by atoms with Gasteiger partial charge in [0, 0.05) is 17.2 Å². The van der Waals surface area contributed by atoms with Crippen LogP contribution >= 0.6 is 11.8 Å². The van der Waals surface area contributed by atoms with E-state index in [9.17, 15) is 10.0 Å². The van der Waals surface area contributed by atoms with Gasteiger partial charge in [-0.3, -0.25) is 15.4 Å². The van der Waals surface area contributed by atoms with Gasteiger partial charge in [-0.1, -0.05) is 36.4 Å². The quantitative estimate of drug-likeness (QED) is 0.327. The van der Waals surface area contributed by atoms with E-state index in [1.54, 1.807) is 18.2 Å². The van der Waals surface area contributed by atoms with Crippen LogP contribution in [0.2, 0.25) is 0 Å². The maximum atomic E-state index is 11.8. The number of nitrogens with two attached hydrogens (primary N) is 1. The molecule has 4 N–H and O–H groups in total. The predicted octanol–water partition coefficient (Wildman–Crippen LogP) is 2.27. The molecule has 0 fully saturated rings. The summed E-state index contributed by atoms with van der Waals surface area (Å²) in [6.45, 7) is -0.163. The third-order valence-electron chi connectivity index (χ3n) is 2.98. The van der Waals surface area contributed by atoms with Gasteiger partial charge < -0.3 is 10.4 Å².